The van der Waals surface area contributed by atoms with Crippen molar-refractivity contribution in [3.63, 3.8) is 0 Å². The summed E-state index contributed by atoms with van der Waals surface area (Å²) in [7, 11) is 0. The normalized spacial score (nSPS) is 10.7. The van der Waals surface area contributed by atoms with Crippen LogP contribution in [0.4, 0.5) is 0 Å². The summed E-state index contributed by atoms with van der Waals surface area (Å²) in [5.74, 6) is -0.0835. The molecule has 0 fully saturated rings. The number of thiophene rings is 1. The number of aromatic nitrogens is 2. The number of nitrogens with zero attached hydrogens (tertiary/aromatic N) is 2. The van der Waals surface area contributed by atoms with Crippen LogP contribution in [0.2, 0.25) is 0 Å². The van der Waals surface area contributed by atoms with Crippen LogP contribution in [0.25, 0.3) is 10.2 Å². The molecule has 2 aromatic heterocycles. The Morgan fingerprint density at radius 2 is 2.40 bits per heavy atom. The Morgan fingerprint density at radius 1 is 1.60 bits per heavy atom. The fourth-order valence-corrected chi connectivity index (χ4v) is 2.83. The van der Waals surface area contributed by atoms with Gasteiger partial charge in [0.25, 0.3) is 0 Å². The number of nitrogens with two attached hydrogens (primary N) is 1. The van der Waals surface area contributed by atoms with Gasteiger partial charge in [0.2, 0.25) is 5.91 Å². The van der Waals surface area contributed by atoms with E-state index in [4.69, 9.17) is 5.73 Å². The number of thioether (sulfide) groups is 1. The van der Waals surface area contributed by atoms with Crippen molar-refractivity contribution in [1.29, 1.82) is 0 Å². The molecule has 0 aromatic carbocycles. The Balaban J connectivity index is 2.37. The van der Waals surface area contributed by atoms with Gasteiger partial charge in [0.1, 0.15) is 16.2 Å². The average Bonchev–Trinajstić information content (AvgIpc) is 2.55. The topological polar surface area (TPSA) is 68.9 Å². The predicted molar refractivity (Wildman–Crippen MR) is 62.1 cm³/mol. The minimum absolute atomic E-state index is 0.251. The third-order valence-electron chi connectivity index (χ3n) is 1.77. The van der Waals surface area contributed by atoms with E-state index >= 15 is 0 Å². The van der Waals surface area contributed by atoms with Gasteiger partial charge in [-0.15, -0.1) is 11.3 Å². The van der Waals surface area contributed by atoms with Crippen LogP contribution in [-0.2, 0) is 4.79 Å². The molecule has 2 aromatic rings. The van der Waals surface area contributed by atoms with Crippen LogP contribution in [0.1, 0.15) is 4.88 Å². The third kappa shape index (κ3) is 2.27. The first-order valence-electron chi connectivity index (χ1n) is 4.29. The van der Waals surface area contributed by atoms with Gasteiger partial charge in [-0.2, -0.15) is 0 Å². The van der Waals surface area contributed by atoms with Gasteiger partial charge in [-0.1, -0.05) is 11.8 Å². The minimum atomic E-state index is -0.335. The van der Waals surface area contributed by atoms with Gasteiger partial charge in [-0.3, -0.25) is 4.79 Å². The molecule has 0 aliphatic heterocycles. The van der Waals surface area contributed by atoms with E-state index in [2.05, 4.69) is 9.97 Å². The summed E-state index contributed by atoms with van der Waals surface area (Å²) in [6, 6.07) is 2.03. The Hall–Kier alpha value is -1.14. The van der Waals surface area contributed by atoms with E-state index in [0.717, 1.165) is 15.2 Å². The zero-order valence-corrected chi connectivity index (χ0v) is 9.69. The Bertz CT molecular complexity index is 509. The monoisotopic (exact) mass is 239 g/mol. The number of primary amides is 1. The maximum Gasteiger partial charge on any atom is 0.227 e. The maximum absolute atomic E-state index is 10.7. The van der Waals surface area contributed by atoms with Gasteiger partial charge in [0.05, 0.1) is 5.75 Å². The van der Waals surface area contributed by atoms with Crippen molar-refractivity contribution in [2.75, 3.05) is 5.75 Å². The van der Waals surface area contributed by atoms with Crippen molar-refractivity contribution < 1.29 is 4.79 Å². The molecule has 4 nitrogen and oxygen atoms in total. The molecule has 15 heavy (non-hydrogen) atoms. The molecule has 0 aliphatic carbocycles. The zero-order valence-electron chi connectivity index (χ0n) is 8.06. The van der Waals surface area contributed by atoms with Crippen molar-refractivity contribution in [2.24, 2.45) is 5.73 Å². The number of carbonyl (C=O) groups excluding carboxylic acids is 1. The molecule has 2 rings (SSSR count). The second kappa shape index (κ2) is 4.16. The van der Waals surface area contributed by atoms with Gasteiger partial charge in [-0.05, 0) is 13.0 Å². The smallest absolute Gasteiger partial charge is 0.227 e. The fraction of sp³-hybridized carbons (Fsp3) is 0.222. The van der Waals surface area contributed by atoms with E-state index in [1.807, 2.05) is 13.0 Å². The number of hydrogen-bond donors (Lipinski definition) is 1. The highest BCUT2D eigenvalue weighted by Crippen LogP contribution is 2.29. The van der Waals surface area contributed by atoms with E-state index in [0.29, 0.717) is 0 Å². The van der Waals surface area contributed by atoms with Gasteiger partial charge < -0.3 is 5.73 Å². The number of fused-ring (bicyclic) bond motifs is 1. The highest BCUT2D eigenvalue weighted by atomic mass is 32.2. The fourth-order valence-electron chi connectivity index (χ4n) is 1.21. The van der Waals surface area contributed by atoms with Crippen LogP contribution >= 0.6 is 23.1 Å². The van der Waals surface area contributed by atoms with Crippen molar-refractivity contribution in [1.82, 2.24) is 9.97 Å². The number of rotatable bonds is 3. The zero-order chi connectivity index (χ0) is 10.8. The van der Waals surface area contributed by atoms with Crippen LogP contribution in [-0.4, -0.2) is 21.6 Å². The second-order valence-electron chi connectivity index (χ2n) is 3.01. The van der Waals surface area contributed by atoms with E-state index in [9.17, 15) is 4.79 Å². The molecule has 2 heterocycles. The lowest BCUT2D eigenvalue weighted by atomic mass is 10.4. The van der Waals surface area contributed by atoms with Crippen LogP contribution in [0, 0.1) is 6.92 Å². The summed E-state index contributed by atoms with van der Waals surface area (Å²) < 4.78 is 0. The van der Waals surface area contributed by atoms with Gasteiger partial charge >= 0.3 is 0 Å². The largest absolute Gasteiger partial charge is 0.369 e. The lowest BCUT2D eigenvalue weighted by Gasteiger charge is -1.98. The van der Waals surface area contributed by atoms with Crippen LogP contribution in [0.15, 0.2) is 17.4 Å². The summed E-state index contributed by atoms with van der Waals surface area (Å²) in [6.45, 7) is 2.02. The average molecular weight is 239 g/mol. The van der Waals surface area contributed by atoms with E-state index in [-0.39, 0.29) is 11.7 Å². The molecule has 0 bridgehead atoms. The first-order chi connectivity index (χ1) is 7.16. The van der Waals surface area contributed by atoms with Crippen molar-refractivity contribution >= 4 is 39.2 Å². The lowest BCUT2D eigenvalue weighted by molar-refractivity contribution is -0.115. The molecule has 0 radical (unpaired) electrons. The molecular weight excluding hydrogens is 230 g/mol. The number of carbonyl (C=O) groups is 1. The second-order valence-corrected chi connectivity index (χ2v) is 5.21. The highest BCUT2D eigenvalue weighted by Gasteiger charge is 2.08. The first-order valence-corrected chi connectivity index (χ1v) is 6.09. The number of hydrogen-bond acceptors (Lipinski definition) is 5. The molecule has 78 valence electrons. The Labute approximate surface area is 94.9 Å². The van der Waals surface area contributed by atoms with Crippen molar-refractivity contribution in [3.05, 3.63) is 17.3 Å². The van der Waals surface area contributed by atoms with Crippen molar-refractivity contribution in [2.45, 2.75) is 11.9 Å². The van der Waals surface area contributed by atoms with E-state index < -0.39 is 0 Å². The molecule has 0 aliphatic rings. The van der Waals surface area contributed by atoms with E-state index in [1.165, 1.54) is 23.0 Å². The summed E-state index contributed by atoms with van der Waals surface area (Å²) >= 11 is 2.97. The Morgan fingerprint density at radius 3 is 3.13 bits per heavy atom. The number of amides is 1. The molecule has 1 amide bonds. The molecule has 0 saturated carbocycles. The minimum Gasteiger partial charge on any atom is -0.369 e. The molecule has 0 saturated heterocycles. The van der Waals surface area contributed by atoms with Crippen molar-refractivity contribution in [3.8, 4) is 0 Å². The molecule has 0 unspecified atom stereocenters. The summed E-state index contributed by atoms with van der Waals surface area (Å²) in [5.41, 5.74) is 5.09. The van der Waals surface area contributed by atoms with Gasteiger partial charge in [0.15, 0.2) is 0 Å². The molecule has 6 heteroatoms. The van der Waals surface area contributed by atoms with Gasteiger partial charge in [0, 0.05) is 10.3 Å². The molecule has 0 atom stereocenters. The van der Waals surface area contributed by atoms with Crippen LogP contribution in [0.5, 0.6) is 0 Å². The van der Waals surface area contributed by atoms with Crippen LogP contribution < -0.4 is 5.73 Å². The standard InChI is InChI=1S/C9H9N3OS2/c1-5-2-6-8(14-3-7(10)13)11-4-12-9(6)15-5/h2,4H,3H2,1H3,(H2,10,13). The number of aryl methyl sites for hydroxylation is 1. The molecule has 0 spiro atoms. The summed E-state index contributed by atoms with van der Waals surface area (Å²) in [5, 5.41) is 1.83. The quantitative estimate of drug-likeness (QED) is 0.652. The summed E-state index contributed by atoms with van der Waals surface area (Å²) in [4.78, 5) is 21.1. The first kappa shape index (κ1) is 10.4. The molecular formula is C9H9N3OS2. The molecule has 2 N–H and O–H groups in total. The lowest BCUT2D eigenvalue weighted by Crippen LogP contribution is -2.13. The van der Waals surface area contributed by atoms with Gasteiger partial charge in [-0.25, -0.2) is 9.97 Å². The SMILES string of the molecule is Cc1cc2c(SCC(N)=O)ncnc2s1. The third-order valence-corrected chi connectivity index (χ3v) is 3.75. The highest BCUT2D eigenvalue weighted by molar-refractivity contribution is 8.00. The predicted octanol–water partition coefficient (Wildman–Crippen LogP) is 1.58. The van der Waals surface area contributed by atoms with E-state index in [1.54, 1.807) is 11.3 Å². The maximum atomic E-state index is 10.7. The Kier molecular flexibility index (Phi) is 2.88. The summed E-state index contributed by atoms with van der Waals surface area (Å²) in [6.07, 6.45) is 1.52. The van der Waals surface area contributed by atoms with Crippen LogP contribution in [0.3, 0.4) is 0 Å².